The number of carbonyl (C=O) groups excluding carboxylic acids is 1. The summed E-state index contributed by atoms with van der Waals surface area (Å²) in [4.78, 5) is 11.0. The molecule has 14 heavy (non-hydrogen) atoms. The monoisotopic (exact) mass is 201 g/mol. The third-order valence-corrected chi connectivity index (χ3v) is 1.69. The van der Waals surface area contributed by atoms with Crippen molar-refractivity contribution in [3.8, 4) is 5.75 Å². The van der Waals surface area contributed by atoms with Crippen LogP contribution in [0.5, 0.6) is 5.75 Å². The second kappa shape index (κ2) is 4.04. The smallest absolute Gasteiger partial charge is 0.251 e. The van der Waals surface area contributed by atoms with Crippen molar-refractivity contribution in [2.24, 2.45) is 0 Å². The third-order valence-electron chi connectivity index (χ3n) is 1.69. The Kier molecular flexibility index (Phi) is 3.01. The minimum absolute atomic E-state index is 0.0803. The minimum Gasteiger partial charge on any atom is -0.491 e. The number of hydrogen-bond donors (Lipinski definition) is 1. The fourth-order valence-corrected chi connectivity index (χ4v) is 1.03. The summed E-state index contributed by atoms with van der Waals surface area (Å²) in [6.07, 6.45) is 0. The fraction of sp³-hybridized carbons (Fsp3) is 0.222. The highest BCUT2D eigenvalue weighted by atomic mass is 19.1. The fourth-order valence-electron chi connectivity index (χ4n) is 1.03. The highest BCUT2D eigenvalue weighted by molar-refractivity contribution is 5.94. The average molecular weight is 201 g/mol. The first-order valence-electron chi connectivity index (χ1n) is 3.85. The zero-order chi connectivity index (χ0) is 10.7. The van der Waals surface area contributed by atoms with Gasteiger partial charge in [0.2, 0.25) is 0 Å². The van der Waals surface area contributed by atoms with Crippen LogP contribution in [0.15, 0.2) is 12.1 Å². The predicted octanol–water partition coefficient (Wildman–Crippen LogP) is 1.33. The molecule has 0 heterocycles. The van der Waals surface area contributed by atoms with Crippen molar-refractivity contribution in [1.82, 2.24) is 5.32 Å². The van der Waals surface area contributed by atoms with Gasteiger partial charge >= 0.3 is 0 Å². The number of amides is 1. The van der Waals surface area contributed by atoms with Gasteiger partial charge in [0.25, 0.3) is 5.91 Å². The Morgan fingerprint density at radius 3 is 2.21 bits per heavy atom. The van der Waals surface area contributed by atoms with Crippen LogP contribution >= 0.6 is 0 Å². The lowest BCUT2D eigenvalue weighted by molar-refractivity contribution is 0.0962. The van der Waals surface area contributed by atoms with Gasteiger partial charge in [-0.1, -0.05) is 0 Å². The second-order valence-electron chi connectivity index (χ2n) is 2.55. The van der Waals surface area contributed by atoms with Crippen LogP contribution in [0, 0.1) is 11.6 Å². The molecule has 0 spiro atoms. The standard InChI is InChI=1S/C9H9F2NO2/c1-12-9(13)5-3-6(10)8(14-2)7(11)4-5/h3-4H,1-2H3,(H,12,13). The third kappa shape index (κ3) is 1.81. The second-order valence-corrected chi connectivity index (χ2v) is 2.55. The zero-order valence-corrected chi connectivity index (χ0v) is 7.73. The Hall–Kier alpha value is -1.65. The zero-order valence-electron chi connectivity index (χ0n) is 7.73. The van der Waals surface area contributed by atoms with Gasteiger partial charge in [0.15, 0.2) is 17.4 Å². The van der Waals surface area contributed by atoms with Gasteiger partial charge in [-0.25, -0.2) is 8.78 Å². The molecule has 3 nitrogen and oxygen atoms in total. The molecule has 0 saturated heterocycles. The number of ether oxygens (including phenoxy) is 1. The van der Waals surface area contributed by atoms with Crippen molar-refractivity contribution < 1.29 is 18.3 Å². The highest BCUT2D eigenvalue weighted by Gasteiger charge is 2.14. The molecule has 1 aromatic rings. The van der Waals surface area contributed by atoms with E-state index in [1.165, 1.54) is 7.05 Å². The molecule has 0 aliphatic rings. The number of nitrogens with one attached hydrogen (secondary N) is 1. The van der Waals surface area contributed by atoms with E-state index in [0.717, 1.165) is 19.2 Å². The van der Waals surface area contributed by atoms with Crippen molar-refractivity contribution in [3.63, 3.8) is 0 Å². The van der Waals surface area contributed by atoms with E-state index >= 15 is 0 Å². The maximum absolute atomic E-state index is 13.1. The summed E-state index contributed by atoms with van der Waals surface area (Å²) in [6.45, 7) is 0. The van der Waals surface area contributed by atoms with Crippen LogP contribution in [-0.4, -0.2) is 20.1 Å². The number of carbonyl (C=O) groups is 1. The van der Waals surface area contributed by atoms with E-state index < -0.39 is 23.3 Å². The number of halogens is 2. The van der Waals surface area contributed by atoms with Gasteiger partial charge in [-0.2, -0.15) is 0 Å². The van der Waals surface area contributed by atoms with Gasteiger partial charge in [0.05, 0.1) is 7.11 Å². The maximum Gasteiger partial charge on any atom is 0.251 e. The van der Waals surface area contributed by atoms with E-state index in [-0.39, 0.29) is 5.56 Å². The van der Waals surface area contributed by atoms with Gasteiger partial charge in [0, 0.05) is 12.6 Å². The topological polar surface area (TPSA) is 38.3 Å². The molecule has 0 atom stereocenters. The van der Waals surface area contributed by atoms with E-state index in [1.54, 1.807) is 0 Å². The van der Waals surface area contributed by atoms with Crippen molar-refractivity contribution in [3.05, 3.63) is 29.3 Å². The van der Waals surface area contributed by atoms with Crippen molar-refractivity contribution >= 4 is 5.91 Å². The molecule has 0 fully saturated rings. The summed E-state index contributed by atoms with van der Waals surface area (Å²) >= 11 is 0. The van der Waals surface area contributed by atoms with Crippen molar-refractivity contribution in [2.45, 2.75) is 0 Å². The number of hydrogen-bond acceptors (Lipinski definition) is 2. The van der Waals surface area contributed by atoms with Gasteiger partial charge in [-0.05, 0) is 12.1 Å². The molecule has 0 aromatic heterocycles. The molecule has 0 aliphatic carbocycles. The van der Waals surface area contributed by atoms with Crippen LogP contribution in [0.3, 0.4) is 0 Å². The van der Waals surface area contributed by atoms with Crippen molar-refractivity contribution in [1.29, 1.82) is 0 Å². The minimum atomic E-state index is -0.897. The van der Waals surface area contributed by atoms with Crippen LogP contribution in [-0.2, 0) is 0 Å². The van der Waals surface area contributed by atoms with Gasteiger partial charge in [-0.15, -0.1) is 0 Å². The molecule has 1 amide bonds. The maximum atomic E-state index is 13.1. The lowest BCUT2D eigenvalue weighted by Crippen LogP contribution is -2.18. The molecular weight excluding hydrogens is 192 g/mol. The Morgan fingerprint density at radius 2 is 1.86 bits per heavy atom. The molecule has 0 radical (unpaired) electrons. The molecular formula is C9H9F2NO2. The van der Waals surface area contributed by atoms with Crippen molar-refractivity contribution in [2.75, 3.05) is 14.2 Å². The molecule has 0 saturated carbocycles. The summed E-state index contributed by atoms with van der Waals surface area (Å²) in [7, 11) is 2.53. The molecule has 0 aliphatic heterocycles. The van der Waals surface area contributed by atoms with Crippen LogP contribution in [0.4, 0.5) is 8.78 Å². The molecule has 0 bridgehead atoms. The Balaban J connectivity index is 3.20. The molecule has 76 valence electrons. The first kappa shape index (κ1) is 10.4. The van der Waals surface area contributed by atoms with E-state index in [9.17, 15) is 13.6 Å². The highest BCUT2D eigenvalue weighted by Crippen LogP contribution is 2.22. The Bertz CT molecular complexity index is 343. The van der Waals surface area contributed by atoms with Gasteiger partial charge in [-0.3, -0.25) is 4.79 Å². The molecule has 0 unspecified atom stereocenters. The van der Waals surface area contributed by atoms with Crippen LogP contribution < -0.4 is 10.1 Å². The average Bonchev–Trinajstić information content (AvgIpc) is 2.16. The largest absolute Gasteiger partial charge is 0.491 e. The summed E-state index contributed by atoms with van der Waals surface area (Å²) in [5, 5.41) is 2.26. The predicted molar refractivity (Wildman–Crippen MR) is 46.3 cm³/mol. The summed E-state index contributed by atoms with van der Waals surface area (Å²) in [5.74, 6) is -2.83. The van der Waals surface area contributed by atoms with E-state index in [4.69, 9.17) is 0 Å². The summed E-state index contributed by atoms with van der Waals surface area (Å²) in [5.41, 5.74) is -0.0803. The van der Waals surface area contributed by atoms with Crippen LogP contribution in [0.1, 0.15) is 10.4 Å². The number of methoxy groups -OCH3 is 1. The Labute approximate surface area is 79.7 Å². The van der Waals surface area contributed by atoms with E-state index in [2.05, 4.69) is 10.1 Å². The van der Waals surface area contributed by atoms with E-state index in [0.29, 0.717) is 0 Å². The lowest BCUT2D eigenvalue weighted by Gasteiger charge is -2.05. The number of benzene rings is 1. The van der Waals surface area contributed by atoms with E-state index in [1.807, 2.05) is 0 Å². The molecule has 5 heteroatoms. The van der Waals surface area contributed by atoms with Gasteiger partial charge in [0.1, 0.15) is 0 Å². The first-order chi connectivity index (χ1) is 6.60. The normalized spacial score (nSPS) is 9.71. The van der Waals surface area contributed by atoms with Gasteiger partial charge < -0.3 is 10.1 Å². The Morgan fingerprint density at radius 1 is 1.36 bits per heavy atom. The van der Waals surface area contributed by atoms with Crippen LogP contribution in [0.2, 0.25) is 0 Å². The molecule has 1 rings (SSSR count). The first-order valence-corrected chi connectivity index (χ1v) is 3.85. The summed E-state index contributed by atoms with van der Waals surface area (Å²) < 4.78 is 30.6. The molecule has 1 N–H and O–H groups in total. The lowest BCUT2D eigenvalue weighted by atomic mass is 10.2. The summed E-state index contributed by atoms with van der Waals surface area (Å²) in [6, 6.07) is 1.83. The van der Waals surface area contributed by atoms with Crippen LogP contribution in [0.25, 0.3) is 0 Å². The number of rotatable bonds is 2. The SMILES string of the molecule is CNC(=O)c1cc(F)c(OC)c(F)c1. The quantitative estimate of drug-likeness (QED) is 0.783. The molecule has 1 aromatic carbocycles.